The SMILES string of the molecule is Clc1nc(CN2CCCCCC2)nc2sccc12. The van der Waals surface area contributed by atoms with Gasteiger partial charge in [-0.05, 0) is 37.4 Å². The molecular formula is C13H16ClN3S. The fourth-order valence-corrected chi connectivity index (χ4v) is 3.51. The van der Waals surface area contributed by atoms with Crippen LogP contribution in [-0.4, -0.2) is 28.0 Å². The van der Waals surface area contributed by atoms with Crippen LogP contribution in [0.1, 0.15) is 31.5 Å². The van der Waals surface area contributed by atoms with Crippen molar-refractivity contribution in [2.75, 3.05) is 13.1 Å². The summed E-state index contributed by atoms with van der Waals surface area (Å²) < 4.78 is 0. The third-order valence-corrected chi connectivity index (χ3v) is 4.48. The highest BCUT2D eigenvalue weighted by atomic mass is 35.5. The molecule has 0 spiro atoms. The van der Waals surface area contributed by atoms with Gasteiger partial charge in [-0.1, -0.05) is 24.4 Å². The lowest BCUT2D eigenvalue weighted by atomic mass is 10.2. The predicted octanol–water partition coefficient (Wildman–Crippen LogP) is 3.72. The van der Waals surface area contributed by atoms with Crippen LogP contribution in [0.15, 0.2) is 11.4 Å². The second kappa shape index (κ2) is 5.51. The van der Waals surface area contributed by atoms with E-state index in [0.29, 0.717) is 5.15 Å². The molecule has 0 radical (unpaired) electrons. The van der Waals surface area contributed by atoms with E-state index >= 15 is 0 Å². The Labute approximate surface area is 116 Å². The molecule has 2 aromatic heterocycles. The molecule has 5 heteroatoms. The van der Waals surface area contributed by atoms with E-state index in [4.69, 9.17) is 11.6 Å². The van der Waals surface area contributed by atoms with E-state index < -0.39 is 0 Å². The molecule has 0 aromatic carbocycles. The van der Waals surface area contributed by atoms with E-state index in [0.717, 1.165) is 35.7 Å². The standard InChI is InChI=1S/C13H16ClN3S/c14-12-10-5-8-18-13(10)16-11(15-12)9-17-6-3-1-2-4-7-17/h5,8H,1-4,6-7,9H2. The molecular weight excluding hydrogens is 266 g/mol. The summed E-state index contributed by atoms with van der Waals surface area (Å²) in [6.45, 7) is 3.14. The van der Waals surface area contributed by atoms with Gasteiger partial charge in [0.1, 0.15) is 15.8 Å². The third-order valence-electron chi connectivity index (χ3n) is 3.39. The lowest BCUT2D eigenvalue weighted by Gasteiger charge is -2.18. The first-order valence-corrected chi connectivity index (χ1v) is 7.71. The Bertz CT molecular complexity index is 532. The molecule has 0 atom stereocenters. The minimum absolute atomic E-state index is 0.589. The third kappa shape index (κ3) is 2.66. The molecule has 3 nitrogen and oxygen atoms in total. The van der Waals surface area contributed by atoms with Crippen LogP contribution in [-0.2, 0) is 6.54 Å². The van der Waals surface area contributed by atoms with Gasteiger partial charge in [-0.25, -0.2) is 9.97 Å². The van der Waals surface area contributed by atoms with Gasteiger partial charge < -0.3 is 0 Å². The highest BCUT2D eigenvalue weighted by Gasteiger charge is 2.13. The van der Waals surface area contributed by atoms with Crippen molar-refractivity contribution in [2.45, 2.75) is 32.2 Å². The molecule has 1 saturated heterocycles. The zero-order valence-corrected chi connectivity index (χ0v) is 11.8. The van der Waals surface area contributed by atoms with Gasteiger partial charge in [0, 0.05) is 5.39 Å². The fourth-order valence-electron chi connectivity index (χ4n) is 2.43. The van der Waals surface area contributed by atoms with Crippen LogP contribution in [0.25, 0.3) is 10.2 Å². The number of thiophene rings is 1. The fraction of sp³-hybridized carbons (Fsp3) is 0.538. The molecule has 0 N–H and O–H groups in total. The average Bonchev–Trinajstić information content (AvgIpc) is 2.68. The van der Waals surface area contributed by atoms with E-state index in [-0.39, 0.29) is 0 Å². The van der Waals surface area contributed by atoms with E-state index in [1.165, 1.54) is 25.7 Å². The highest BCUT2D eigenvalue weighted by Crippen LogP contribution is 2.25. The maximum Gasteiger partial charge on any atom is 0.145 e. The second-order valence-corrected chi connectivity index (χ2v) is 6.01. The molecule has 2 aromatic rings. The lowest BCUT2D eigenvalue weighted by Crippen LogP contribution is -2.25. The molecule has 3 heterocycles. The second-order valence-electron chi connectivity index (χ2n) is 4.76. The van der Waals surface area contributed by atoms with E-state index in [1.807, 2.05) is 11.4 Å². The summed E-state index contributed by atoms with van der Waals surface area (Å²) in [5, 5.41) is 3.58. The van der Waals surface area contributed by atoms with Crippen molar-refractivity contribution in [2.24, 2.45) is 0 Å². The van der Waals surface area contributed by atoms with Crippen LogP contribution in [0.4, 0.5) is 0 Å². The Morgan fingerprint density at radius 1 is 1.17 bits per heavy atom. The van der Waals surface area contributed by atoms with Crippen molar-refractivity contribution in [1.82, 2.24) is 14.9 Å². The van der Waals surface area contributed by atoms with Gasteiger partial charge >= 0.3 is 0 Å². The van der Waals surface area contributed by atoms with Gasteiger partial charge in [-0.15, -0.1) is 11.3 Å². The number of hydrogen-bond donors (Lipinski definition) is 0. The molecule has 3 rings (SSSR count). The number of fused-ring (bicyclic) bond motifs is 1. The zero-order valence-electron chi connectivity index (χ0n) is 10.2. The number of aromatic nitrogens is 2. The molecule has 18 heavy (non-hydrogen) atoms. The maximum absolute atomic E-state index is 6.19. The minimum Gasteiger partial charge on any atom is -0.296 e. The van der Waals surface area contributed by atoms with Gasteiger partial charge in [-0.2, -0.15) is 0 Å². The Morgan fingerprint density at radius 3 is 2.72 bits per heavy atom. The van der Waals surface area contributed by atoms with Crippen LogP contribution in [0.2, 0.25) is 5.15 Å². The molecule has 0 aliphatic carbocycles. The van der Waals surface area contributed by atoms with Crippen LogP contribution < -0.4 is 0 Å². The van der Waals surface area contributed by atoms with Crippen molar-refractivity contribution < 1.29 is 0 Å². The van der Waals surface area contributed by atoms with Gasteiger partial charge in [-0.3, -0.25) is 4.90 Å². The summed E-state index contributed by atoms with van der Waals surface area (Å²) in [5.41, 5.74) is 0. The van der Waals surface area contributed by atoms with Gasteiger partial charge in [0.15, 0.2) is 0 Å². The van der Waals surface area contributed by atoms with Gasteiger partial charge in [0.2, 0.25) is 0 Å². The van der Waals surface area contributed by atoms with Crippen LogP contribution >= 0.6 is 22.9 Å². The summed E-state index contributed by atoms with van der Waals surface area (Å²) >= 11 is 7.82. The number of halogens is 1. The first kappa shape index (κ1) is 12.3. The van der Waals surface area contributed by atoms with Gasteiger partial charge in [0.25, 0.3) is 0 Å². The van der Waals surface area contributed by atoms with Crippen molar-refractivity contribution in [3.05, 3.63) is 22.4 Å². The molecule has 1 aliphatic heterocycles. The molecule has 0 saturated carbocycles. The maximum atomic E-state index is 6.19. The topological polar surface area (TPSA) is 29.0 Å². The Kier molecular flexibility index (Phi) is 3.77. The first-order chi connectivity index (χ1) is 8.83. The molecule has 1 fully saturated rings. The summed E-state index contributed by atoms with van der Waals surface area (Å²) in [4.78, 5) is 12.5. The predicted molar refractivity (Wildman–Crippen MR) is 76.2 cm³/mol. The lowest BCUT2D eigenvalue weighted by molar-refractivity contribution is 0.270. The van der Waals surface area contributed by atoms with Crippen molar-refractivity contribution >= 4 is 33.2 Å². The van der Waals surface area contributed by atoms with E-state index in [1.54, 1.807) is 11.3 Å². The summed E-state index contributed by atoms with van der Waals surface area (Å²) in [7, 11) is 0. The Balaban J connectivity index is 1.80. The average molecular weight is 282 g/mol. The van der Waals surface area contributed by atoms with Crippen molar-refractivity contribution in [3.8, 4) is 0 Å². The highest BCUT2D eigenvalue weighted by molar-refractivity contribution is 7.16. The van der Waals surface area contributed by atoms with E-state index in [9.17, 15) is 0 Å². The largest absolute Gasteiger partial charge is 0.296 e. The Morgan fingerprint density at radius 2 is 1.94 bits per heavy atom. The summed E-state index contributed by atoms with van der Waals surface area (Å²) in [5.74, 6) is 0.858. The van der Waals surface area contributed by atoms with Crippen LogP contribution in [0, 0.1) is 0 Å². The summed E-state index contributed by atoms with van der Waals surface area (Å²) in [6.07, 6.45) is 5.27. The quantitative estimate of drug-likeness (QED) is 0.786. The molecule has 0 amide bonds. The number of rotatable bonds is 2. The summed E-state index contributed by atoms with van der Waals surface area (Å²) in [6, 6.07) is 1.98. The molecule has 0 unspecified atom stereocenters. The first-order valence-electron chi connectivity index (χ1n) is 6.45. The molecule has 96 valence electrons. The number of nitrogens with zero attached hydrogens (tertiary/aromatic N) is 3. The normalized spacial score (nSPS) is 18.1. The van der Waals surface area contributed by atoms with Crippen LogP contribution in [0.5, 0.6) is 0 Å². The number of likely N-dealkylation sites (tertiary alicyclic amines) is 1. The number of hydrogen-bond acceptors (Lipinski definition) is 4. The smallest absolute Gasteiger partial charge is 0.145 e. The Hall–Kier alpha value is -0.710. The monoisotopic (exact) mass is 281 g/mol. The minimum atomic E-state index is 0.589. The zero-order chi connectivity index (χ0) is 12.4. The van der Waals surface area contributed by atoms with Crippen molar-refractivity contribution in [3.63, 3.8) is 0 Å². The molecule has 1 aliphatic rings. The van der Waals surface area contributed by atoms with Gasteiger partial charge in [0.05, 0.1) is 6.54 Å². The van der Waals surface area contributed by atoms with Crippen LogP contribution in [0.3, 0.4) is 0 Å². The van der Waals surface area contributed by atoms with Crippen molar-refractivity contribution in [1.29, 1.82) is 0 Å². The van der Waals surface area contributed by atoms with E-state index in [2.05, 4.69) is 14.9 Å². The molecule has 0 bridgehead atoms.